The molecule has 0 radical (unpaired) electrons. The maximum absolute atomic E-state index is 13.0. The maximum atomic E-state index is 13.0. The van der Waals surface area contributed by atoms with Gasteiger partial charge in [0, 0.05) is 40.8 Å². The van der Waals surface area contributed by atoms with Crippen molar-refractivity contribution in [2.24, 2.45) is 0 Å². The standard InChI is InChI=1S/C20H16ClN3O3/c21-13-4-3-5-14(10-13)24-9-8-23(12-19(24)26)20(27)16-11-18(25)22-17-7-2-1-6-15(16)17/h1-7,10-11H,8-9,12H2,(H,22,25). The molecule has 1 aliphatic heterocycles. The zero-order valence-electron chi connectivity index (χ0n) is 14.3. The molecular weight excluding hydrogens is 366 g/mol. The number of rotatable bonds is 2. The predicted octanol–water partition coefficient (Wildman–Crippen LogP) is 2.67. The molecule has 2 aromatic carbocycles. The van der Waals surface area contributed by atoms with Gasteiger partial charge in [-0.25, -0.2) is 0 Å². The van der Waals surface area contributed by atoms with E-state index in [2.05, 4.69) is 4.98 Å². The number of benzene rings is 2. The maximum Gasteiger partial charge on any atom is 0.255 e. The zero-order valence-corrected chi connectivity index (χ0v) is 15.1. The monoisotopic (exact) mass is 381 g/mol. The van der Waals surface area contributed by atoms with Crippen LogP contribution >= 0.6 is 11.6 Å². The highest BCUT2D eigenvalue weighted by molar-refractivity contribution is 6.31. The molecule has 27 heavy (non-hydrogen) atoms. The number of nitrogens with zero attached hydrogens (tertiary/aromatic N) is 2. The van der Waals surface area contributed by atoms with Crippen LogP contribution in [-0.2, 0) is 4.79 Å². The Balaban J connectivity index is 1.60. The van der Waals surface area contributed by atoms with E-state index in [0.29, 0.717) is 40.3 Å². The minimum Gasteiger partial charge on any atom is -0.328 e. The Kier molecular flexibility index (Phi) is 4.41. The molecule has 0 unspecified atom stereocenters. The second-order valence-corrected chi connectivity index (χ2v) is 6.78. The molecule has 0 spiro atoms. The fourth-order valence-corrected chi connectivity index (χ4v) is 3.50. The van der Waals surface area contributed by atoms with Crippen LogP contribution in [0.15, 0.2) is 59.4 Å². The van der Waals surface area contributed by atoms with Crippen LogP contribution in [0.5, 0.6) is 0 Å². The van der Waals surface area contributed by atoms with E-state index in [1.54, 1.807) is 47.4 Å². The topological polar surface area (TPSA) is 73.5 Å². The number of hydrogen-bond donors (Lipinski definition) is 1. The third kappa shape index (κ3) is 3.31. The van der Waals surface area contributed by atoms with Gasteiger partial charge in [0.1, 0.15) is 6.54 Å². The summed E-state index contributed by atoms with van der Waals surface area (Å²) in [6, 6.07) is 15.5. The van der Waals surface area contributed by atoms with Crippen molar-refractivity contribution < 1.29 is 9.59 Å². The molecule has 0 saturated carbocycles. The molecule has 6 nitrogen and oxygen atoms in total. The predicted molar refractivity (Wildman–Crippen MR) is 104 cm³/mol. The fourth-order valence-electron chi connectivity index (χ4n) is 3.32. The number of aromatic amines is 1. The van der Waals surface area contributed by atoms with Crippen molar-refractivity contribution in [3.05, 3.63) is 75.5 Å². The first-order chi connectivity index (χ1) is 13.0. The molecule has 0 bridgehead atoms. The first kappa shape index (κ1) is 17.3. The number of amides is 2. The summed E-state index contributed by atoms with van der Waals surface area (Å²) in [7, 11) is 0. The number of carbonyl (C=O) groups is 2. The Morgan fingerprint density at radius 2 is 1.81 bits per heavy atom. The van der Waals surface area contributed by atoms with Crippen LogP contribution in [-0.4, -0.2) is 41.3 Å². The van der Waals surface area contributed by atoms with E-state index < -0.39 is 0 Å². The number of H-pyrrole nitrogens is 1. The number of piperazine rings is 1. The van der Waals surface area contributed by atoms with Gasteiger partial charge in [0.2, 0.25) is 11.5 Å². The van der Waals surface area contributed by atoms with Gasteiger partial charge in [-0.1, -0.05) is 35.9 Å². The highest BCUT2D eigenvalue weighted by atomic mass is 35.5. The third-order valence-electron chi connectivity index (χ3n) is 4.61. The lowest BCUT2D eigenvalue weighted by Gasteiger charge is -2.34. The summed E-state index contributed by atoms with van der Waals surface area (Å²) in [6.07, 6.45) is 0. The Hall–Kier alpha value is -3.12. The fraction of sp³-hybridized carbons (Fsp3) is 0.150. The van der Waals surface area contributed by atoms with Gasteiger partial charge in [0.15, 0.2) is 0 Å². The molecule has 1 saturated heterocycles. The number of pyridine rings is 1. The Morgan fingerprint density at radius 1 is 1.00 bits per heavy atom. The van der Waals surface area contributed by atoms with Gasteiger partial charge in [-0.2, -0.15) is 0 Å². The van der Waals surface area contributed by atoms with E-state index >= 15 is 0 Å². The third-order valence-corrected chi connectivity index (χ3v) is 4.84. The molecule has 0 atom stereocenters. The average Bonchev–Trinajstić information content (AvgIpc) is 2.66. The highest BCUT2D eigenvalue weighted by Crippen LogP contribution is 2.23. The molecule has 0 aliphatic carbocycles. The second kappa shape index (κ2) is 6.89. The number of para-hydroxylation sites is 1. The molecular formula is C20H16ClN3O3. The van der Waals surface area contributed by atoms with Crippen LogP contribution in [0.4, 0.5) is 5.69 Å². The van der Waals surface area contributed by atoms with Gasteiger partial charge in [-0.15, -0.1) is 0 Å². The quantitative estimate of drug-likeness (QED) is 0.741. The summed E-state index contributed by atoms with van der Waals surface area (Å²) in [4.78, 5) is 43.3. The lowest BCUT2D eigenvalue weighted by molar-refractivity contribution is -0.120. The van der Waals surface area contributed by atoms with Crippen LogP contribution in [0.1, 0.15) is 10.4 Å². The van der Waals surface area contributed by atoms with Crippen molar-refractivity contribution >= 4 is 40.0 Å². The molecule has 3 aromatic rings. The lowest BCUT2D eigenvalue weighted by Crippen LogP contribution is -2.52. The van der Waals surface area contributed by atoms with Gasteiger partial charge < -0.3 is 14.8 Å². The number of nitrogens with one attached hydrogen (secondary N) is 1. The highest BCUT2D eigenvalue weighted by Gasteiger charge is 2.29. The van der Waals surface area contributed by atoms with Crippen molar-refractivity contribution in [1.29, 1.82) is 0 Å². The Morgan fingerprint density at radius 3 is 2.59 bits per heavy atom. The minimum absolute atomic E-state index is 0.0491. The molecule has 4 rings (SSSR count). The zero-order chi connectivity index (χ0) is 19.0. The SMILES string of the molecule is O=C(c1cc(=O)[nH]c2ccccc12)N1CCN(c2cccc(Cl)c2)C(=O)C1. The summed E-state index contributed by atoms with van der Waals surface area (Å²) in [6.45, 7) is 0.691. The van der Waals surface area contributed by atoms with Gasteiger partial charge in [0.25, 0.3) is 5.91 Å². The molecule has 1 aliphatic rings. The summed E-state index contributed by atoms with van der Waals surface area (Å²) in [5, 5.41) is 1.21. The number of halogens is 1. The van der Waals surface area contributed by atoms with Crippen molar-refractivity contribution in [3.8, 4) is 0 Å². The first-order valence-electron chi connectivity index (χ1n) is 8.50. The molecule has 2 heterocycles. The van der Waals surface area contributed by atoms with E-state index in [-0.39, 0.29) is 23.9 Å². The smallest absolute Gasteiger partial charge is 0.255 e. The Labute approximate surface area is 160 Å². The Bertz CT molecular complexity index is 1110. The minimum atomic E-state index is -0.346. The van der Waals surface area contributed by atoms with Crippen LogP contribution in [0.3, 0.4) is 0 Å². The van der Waals surface area contributed by atoms with Crippen molar-refractivity contribution in [3.63, 3.8) is 0 Å². The largest absolute Gasteiger partial charge is 0.328 e. The van der Waals surface area contributed by atoms with Gasteiger partial charge in [0.05, 0.1) is 5.56 Å². The van der Waals surface area contributed by atoms with Gasteiger partial charge in [-0.05, 0) is 24.3 Å². The van der Waals surface area contributed by atoms with E-state index in [4.69, 9.17) is 11.6 Å². The molecule has 2 amide bonds. The van der Waals surface area contributed by atoms with Crippen LogP contribution < -0.4 is 10.5 Å². The first-order valence-corrected chi connectivity index (χ1v) is 8.88. The number of anilines is 1. The number of hydrogen-bond acceptors (Lipinski definition) is 3. The van der Waals surface area contributed by atoms with Crippen molar-refractivity contribution in [1.82, 2.24) is 9.88 Å². The molecule has 1 N–H and O–H groups in total. The summed E-state index contributed by atoms with van der Waals surface area (Å²) in [5.74, 6) is -0.512. The van der Waals surface area contributed by atoms with Gasteiger partial charge in [-0.3, -0.25) is 14.4 Å². The average molecular weight is 382 g/mol. The lowest BCUT2D eigenvalue weighted by atomic mass is 10.1. The van der Waals surface area contributed by atoms with Crippen molar-refractivity contribution in [2.75, 3.05) is 24.5 Å². The van der Waals surface area contributed by atoms with Crippen LogP contribution in [0.2, 0.25) is 5.02 Å². The van der Waals surface area contributed by atoms with Crippen LogP contribution in [0, 0.1) is 0 Å². The van der Waals surface area contributed by atoms with Gasteiger partial charge >= 0.3 is 0 Å². The molecule has 136 valence electrons. The molecule has 1 fully saturated rings. The number of carbonyl (C=O) groups excluding carboxylic acids is 2. The van der Waals surface area contributed by atoms with E-state index in [1.807, 2.05) is 6.07 Å². The van der Waals surface area contributed by atoms with Crippen LogP contribution in [0.25, 0.3) is 10.9 Å². The summed E-state index contributed by atoms with van der Waals surface area (Å²) >= 11 is 6.01. The normalized spacial score (nSPS) is 14.6. The summed E-state index contributed by atoms with van der Waals surface area (Å²) in [5.41, 5.74) is 1.26. The molecule has 1 aromatic heterocycles. The number of fused-ring (bicyclic) bond motifs is 1. The number of aromatic nitrogens is 1. The van der Waals surface area contributed by atoms with E-state index in [1.165, 1.54) is 11.0 Å². The van der Waals surface area contributed by atoms with Crippen molar-refractivity contribution in [2.45, 2.75) is 0 Å². The molecule has 7 heteroatoms. The van der Waals surface area contributed by atoms with E-state index in [9.17, 15) is 14.4 Å². The second-order valence-electron chi connectivity index (χ2n) is 6.34. The summed E-state index contributed by atoms with van der Waals surface area (Å²) < 4.78 is 0. The van der Waals surface area contributed by atoms with E-state index in [0.717, 1.165) is 0 Å².